The minimum Gasteiger partial charge on any atom is -0.369 e. The molecule has 3 heterocycles. The summed E-state index contributed by atoms with van der Waals surface area (Å²) in [5.74, 6) is 1.59. The van der Waals surface area contributed by atoms with Crippen LogP contribution in [-0.2, 0) is 0 Å². The van der Waals surface area contributed by atoms with Crippen molar-refractivity contribution in [1.29, 1.82) is 0 Å². The third kappa shape index (κ3) is 2.44. The van der Waals surface area contributed by atoms with Crippen LogP contribution in [0.3, 0.4) is 0 Å². The fourth-order valence-electron chi connectivity index (χ4n) is 2.01. The number of hydrogen-bond acceptors (Lipinski definition) is 6. The summed E-state index contributed by atoms with van der Waals surface area (Å²) in [6, 6.07) is 0.0971. The molecule has 0 aliphatic rings. The number of anilines is 2. The number of imidazole rings is 1. The highest BCUT2D eigenvalue weighted by molar-refractivity contribution is 7.09. The van der Waals surface area contributed by atoms with Gasteiger partial charge in [0.05, 0.1) is 12.2 Å². The zero-order valence-corrected chi connectivity index (χ0v) is 12.2. The average molecular weight is 288 g/mol. The molecular weight excluding hydrogens is 272 g/mol. The van der Waals surface area contributed by atoms with Crippen molar-refractivity contribution >= 4 is 28.6 Å². The van der Waals surface area contributed by atoms with Crippen LogP contribution in [0, 0.1) is 0 Å². The van der Waals surface area contributed by atoms with E-state index in [1.807, 2.05) is 35.3 Å². The maximum atomic E-state index is 4.58. The Bertz CT molecular complexity index is 690. The number of nitrogens with one attached hydrogen (secondary N) is 2. The number of fused-ring (bicyclic) bond motifs is 1. The summed E-state index contributed by atoms with van der Waals surface area (Å²) in [5.41, 5.74) is 0.815. The number of rotatable bonds is 5. The molecule has 0 amide bonds. The second kappa shape index (κ2) is 5.46. The van der Waals surface area contributed by atoms with Gasteiger partial charge in [-0.1, -0.05) is 0 Å². The van der Waals surface area contributed by atoms with E-state index in [1.54, 1.807) is 17.5 Å². The molecule has 0 radical (unpaired) electrons. The van der Waals surface area contributed by atoms with Crippen molar-refractivity contribution in [2.75, 3.05) is 17.2 Å². The van der Waals surface area contributed by atoms with Gasteiger partial charge in [0.1, 0.15) is 10.8 Å². The molecule has 0 fully saturated rings. The monoisotopic (exact) mass is 288 g/mol. The molecule has 1 unspecified atom stereocenters. The molecule has 0 saturated carbocycles. The van der Waals surface area contributed by atoms with Crippen LogP contribution < -0.4 is 10.6 Å². The van der Waals surface area contributed by atoms with Gasteiger partial charge < -0.3 is 15.0 Å². The van der Waals surface area contributed by atoms with E-state index in [2.05, 4.69) is 32.5 Å². The minimum absolute atomic E-state index is 0.0971. The zero-order valence-electron chi connectivity index (χ0n) is 11.4. The van der Waals surface area contributed by atoms with E-state index in [0.29, 0.717) is 0 Å². The highest BCUT2D eigenvalue weighted by atomic mass is 32.1. The van der Waals surface area contributed by atoms with Crippen molar-refractivity contribution in [3.63, 3.8) is 0 Å². The lowest BCUT2D eigenvalue weighted by molar-refractivity contribution is 0.859. The normalized spacial score (nSPS) is 12.5. The molecule has 0 spiro atoms. The molecule has 3 aromatic heterocycles. The maximum absolute atomic E-state index is 4.58. The predicted molar refractivity (Wildman–Crippen MR) is 81.3 cm³/mol. The summed E-state index contributed by atoms with van der Waals surface area (Å²) in [6.45, 7) is 4.94. The van der Waals surface area contributed by atoms with Gasteiger partial charge in [0.2, 0.25) is 0 Å². The van der Waals surface area contributed by atoms with Crippen LogP contribution in [0.1, 0.15) is 24.9 Å². The minimum atomic E-state index is 0.0971. The molecular formula is C13H16N6S. The summed E-state index contributed by atoms with van der Waals surface area (Å²) in [5, 5.41) is 9.62. The zero-order chi connectivity index (χ0) is 13.9. The maximum Gasteiger partial charge on any atom is 0.180 e. The Hall–Kier alpha value is -2.15. The van der Waals surface area contributed by atoms with Gasteiger partial charge in [0.25, 0.3) is 0 Å². The summed E-state index contributed by atoms with van der Waals surface area (Å²) in [6.07, 6.45) is 7.43. The fourth-order valence-corrected chi connectivity index (χ4v) is 2.66. The summed E-state index contributed by atoms with van der Waals surface area (Å²) >= 11 is 1.63. The molecule has 0 aliphatic heterocycles. The van der Waals surface area contributed by atoms with Crippen LogP contribution in [0.15, 0.2) is 30.2 Å². The molecule has 3 aromatic rings. The summed E-state index contributed by atoms with van der Waals surface area (Å²) in [7, 11) is 0. The van der Waals surface area contributed by atoms with Crippen LogP contribution in [0.4, 0.5) is 11.6 Å². The molecule has 104 valence electrons. The lowest BCUT2D eigenvalue weighted by Gasteiger charge is -2.14. The van der Waals surface area contributed by atoms with E-state index >= 15 is 0 Å². The molecule has 20 heavy (non-hydrogen) atoms. The smallest absolute Gasteiger partial charge is 0.180 e. The predicted octanol–water partition coefficient (Wildman–Crippen LogP) is 2.79. The summed E-state index contributed by atoms with van der Waals surface area (Å²) < 4.78 is 1.96. The van der Waals surface area contributed by atoms with E-state index in [4.69, 9.17) is 0 Å². The van der Waals surface area contributed by atoms with Crippen LogP contribution in [0.25, 0.3) is 5.65 Å². The molecule has 0 saturated heterocycles. The number of thiazole rings is 1. The van der Waals surface area contributed by atoms with Crippen molar-refractivity contribution < 1.29 is 0 Å². The largest absolute Gasteiger partial charge is 0.369 e. The third-order valence-corrected chi connectivity index (χ3v) is 3.87. The Morgan fingerprint density at radius 3 is 3.00 bits per heavy atom. The quantitative estimate of drug-likeness (QED) is 0.755. The molecule has 0 bridgehead atoms. The van der Waals surface area contributed by atoms with Gasteiger partial charge in [0.15, 0.2) is 11.5 Å². The Balaban J connectivity index is 1.94. The van der Waals surface area contributed by atoms with Gasteiger partial charge in [-0.15, -0.1) is 11.3 Å². The first kappa shape index (κ1) is 12.9. The van der Waals surface area contributed by atoms with Crippen molar-refractivity contribution in [1.82, 2.24) is 19.4 Å². The van der Waals surface area contributed by atoms with E-state index in [1.165, 1.54) is 0 Å². The Morgan fingerprint density at radius 1 is 1.35 bits per heavy atom. The number of hydrogen-bond donors (Lipinski definition) is 2. The second-order valence-corrected chi connectivity index (χ2v) is 5.33. The van der Waals surface area contributed by atoms with Gasteiger partial charge >= 0.3 is 0 Å². The fraction of sp³-hybridized carbons (Fsp3) is 0.308. The van der Waals surface area contributed by atoms with Crippen LogP contribution in [-0.4, -0.2) is 25.9 Å². The molecule has 2 N–H and O–H groups in total. The molecule has 0 aromatic carbocycles. The Morgan fingerprint density at radius 2 is 2.25 bits per heavy atom. The molecule has 6 nitrogen and oxygen atoms in total. The van der Waals surface area contributed by atoms with Gasteiger partial charge in [-0.3, -0.25) is 0 Å². The van der Waals surface area contributed by atoms with Gasteiger partial charge in [0, 0.05) is 30.5 Å². The standard InChI is InChI=1S/C13H16N6S/c1-3-14-10-8-19-6-4-15-12(19)11(18-10)17-9(2)13-16-5-7-20-13/h4-9,14H,3H2,1-2H3,(H,17,18). The SMILES string of the molecule is CCNc1cn2ccnc2c(NC(C)c2nccs2)n1. The highest BCUT2D eigenvalue weighted by Crippen LogP contribution is 2.23. The lowest BCUT2D eigenvalue weighted by Crippen LogP contribution is -2.11. The van der Waals surface area contributed by atoms with E-state index in [0.717, 1.165) is 28.8 Å². The molecule has 7 heteroatoms. The number of nitrogens with zero attached hydrogens (tertiary/aromatic N) is 4. The van der Waals surface area contributed by atoms with Gasteiger partial charge in [-0.2, -0.15) is 0 Å². The third-order valence-electron chi connectivity index (χ3n) is 2.91. The Kier molecular flexibility index (Phi) is 3.51. The molecule has 1 atom stereocenters. The van der Waals surface area contributed by atoms with Crippen molar-refractivity contribution in [3.8, 4) is 0 Å². The average Bonchev–Trinajstić information content (AvgIpc) is 3.10. The molecule has 0 aliphatic carbocycles. The van der Waals surface area contributed by atoms with Crippen molar-refractivity contribution in [2.45, 2.75) is 19.9 Å². The van der Waals surface area contributed by atoms with Gasteiger partial charge in [-0.05, 0) is 13.8 Å². The lowest BCUT2D eigenvalue weighted by atomic mass is 10.3. The summed E-state index contributed by atoms with van der Waals surface area (Å²) in [4.78, 5) is 13.3. The van der Waals surface area contributed by atoms with Crippen molar-refractivity contribution in [3.05, 3.63) is 35.2 Å². The van der Waals surface area contributed by atoms with Crippen LogP contribution in [0.2, 0.25) is 0 Å². The van der Waals surface area contributed by atoms with E-state index in [-0.39, 0.29) is 6.04 Å². The topological polar surface area (TPSA) is 67.1 Å². The van der Waals surface area contributed by atoms with Gasteiger partial charge in [-0.25, -0.2) is 15.0 Å². The van der Waals surface area contributed by atoms with Crippen molar-refractivity contribution in [2.24, 2.45) is 0 Å². The molecule has 3 rings (SSSR count). The van der Waals surface area contributed by atoms with Crippen LogP contribution >= 0.6 is 11.3 Å². The highest BCUT2D eigenvalue weighted by Gasteiger charge is 2.13. The first-order valence-corrected chi connectivity index (χ1v) is 7.39. The number of aromatic nitrogens is 4. The van der Waals surface area contributed by atoms with E-state index < -0.39 is 0 Å². The van der Waals surface area contributed by atoms with Crippen LogP contribution in [0.5, 0.6) is 0 Å². The second-order valence-electron chi connectivity index (χ2n) is 4.40. The van der Waals surface area contributed by atoms with E-state index in [9.17, 15) is 0 Å². The Labute approximate surface area is 120 Å². The first-order valence-electron chi connectivity index (χ1n) is 6.51. The first-order chi connectivity index (χ1) is 9.78.